The van der Waals surface area contributed by atoms with Crippen LogP contribution in [-0.4, -0.2) is 58.8 Å². The van der Waals surface area contributed by atoms with E-state index in [0.717, 1.165) is 4.90 Å². The number of carbonyl (C=O) groups excluding carboxylic acids is 2. The highest BCUT2D eigenvalue weighted by atomic mass is 35.5. The molecule has 2 heterocycles. The van der Waals surface area contributed by atoms with Crippen LogP contribution in [0, 0.1) is 0 Å². The predicted molar refractivity (Wildman–Crippen MR) is 97.5 cm³/mol. The molecule has 2 aliphatic heterocycles. The van der Waals surface area contributed by atoms with Gasteiger partial charge in [0.15, 0.2) is 0 Å². The molecule has 7 nitrogen and oxygen atoms in total. The lowest BCUT2D eigenvalue weighted by atomic mass is 10.1. The van der Waals surface area contributed by atoms with Gasteiger partial charge in [-0.25, -0.2) is 0 Å². The number of nitrogens with one attached hydrogen (secondary N) is 1. The Balaban J connectivity index is 1.69. The Labute approximate surface area is 160 Å². The highest BCUT2D eigenvalue weighted by Gasteiger charge is 2.38. The third-order valence-corrected chi connectivity index (χ3v) is 6.07. The second-order valence-corrected chi connectivity index (χ2v) is 8.01. The second kappa shape index (κ2) is 7.85. The molecule has 26 heavy (non-hydrogen) atoms. The normalized spacial score (nSPS) is 24.9. The number of aliphatic carboxylic acids is 1. The zero-order valence-electron chi connectivity index (χ0n) is 14.1. The summed E-state index contributed by atoms with van der Waals surface area (Å²) in [6.45, 7) is 0.346. The van der Waals surface area contributed by atoms with Crippen LogP contribution in [0.4, 0.5) is 5.69 Å². The van der Waals surface area contributed by atoms with E-state index in [1.54, 1.807) is 19.2 Å². The summed E-state index contributed by atoms with van der Waals surface area (Å²) >= 11 is 7.25. The summed E-state index contributed by atoms with van der Waals surface area (Å²) in [5.74, 6) is -1.45. The van der Waals surface area contributed by atoms with Crippen molar-refractivity contribution in [2.24, 2.45) is 0 Å². The third-order valence-electron chi connectivity index (χ3n) is 4.56. The molecule has 140 valence electrons. The number of hydrogen-bond donors (Lipinski definition) is 2. The summed E-state index contributed by atoms with van der Waals surface area (Å²) in [6.07, 6.45) is 0.182. The Morgan fingerprint density at radius 3 is 2.88 bits per heavy atom. The SMILES string of the molecule is COC1CC(CC(=O)O)N(C(=O)CC2Sc3ccc(Cl)cc3NC2=O)C1. The van der Waals surface area contributed by atoms with E-state index in [0.29, 0.717) is 23.7 Å². The van der Waals surface area contributed by atoms with E-state index < -0.39 is 17.3 Å². The molecule has 2 N–H and O–H groups in total. The molecule has 1 aromatic carbocycles. The van der Waals surface area contributed by atoms with Gasteiger partial charge in [0, 0.05) is 36.0 Å². The van der Waals surface area contributed by atoms with E-state index in [1.165, 1.54) is 16.7 Å². The first-order chi connectivity index (χ1) is 12.4. The first kappa shape index (κ1) is 19.0. The number of carbonyl (C=O) groups is 3. The van der Waals surface area contributed by atoms with E-state index in [1.807, 2.05) is 6.07 Å². The van der Waals surface area contributed by atoms with Gasteiger partial charge in [-0.05, 0) is 24.6 Å². The number of ether oxygens (including phenoxy) is 1. The van der Waals surface area contributed by atoms with E-state index in [9.17, 15) is 14.4 Å². The Morgan fingerprint density at radius 1 is 1.42 bits per heavy atom. The maximum Gasteiger partial charge on any atom is 0.305 e. The number of carboxylic acid groups (broad SMARTS) is 1. The molecular formula is C17H19ClN2O5S. The summed E-state index contributed by atoms with van der Waals surface area (Å²) in [7, 11) is 1.54. The zero-order chi connectivity index (χ0) is 18.8. The molecule has 2 amide bonds. The van der Waals surface area contributed by atoms with Crippen molar-refractivity contribution in [2.75, 3.05) is 19.0 Å². The third kappa shape index (κ3) is 4.13. The number of amides is 2. The molecule has 0 radical (unpaired) electrons. The molecule has 1 fully saturated rings. The van der Waals surface area contributed by atoms with Crippen molar-refractivity contribution in [1.29, 1.82) is 0 Å². The maximum absolute atomic E-state index is 12.7. The number of hydrogen-bond acceptors (Lipinski definition) is 5. The maximum atomic E-state index is 12.7. The van der Waals surface area contributed by atoms with Gasteiger partial charge in [0.25, 0.3) is 0 Å². The van der Waals surface area contributed by atoms with Crippen molar-refractivity contribution < 1.29 is 24.2 Å². The smallest absolute Gasteiger partial charge is 0.305 e. The van der Waals surface area contributed by atoms with Gasteiger partial charge in [-0.15, -0.1) is 11.8 Å². The van der Waals surface area contributed by atoms with Crippen molar-refractivity contribution >= 4 is 46.8 Å². The average Bonchev–Trinajstić information content (AvgIpc) is 2.98. The minimum atomic E-state index is -0.958. The number of anilines is 1. The molecule has 3 atom stereocenters. The number of carboxylic acids is 1. The van der Waals surface area contributed by atoms with Crippen LogP contribution in [0.25, 0.3) is 0 Å². The highest BCUT2D eigenvalue weighted by molar-refractivity contribution is 8.01. The van der Waals surface area contributed by atoms with Crippen LogP contribution in [-0.2, 0) is 19.1 Å². The lowest BCUT2D eigenvalue weighted by Crippen LogP contribution is -2.41. The van der Waals surface area contributed by atoms with Gasteiger partial charge in [-0.3, -0.25) is 14.4 Å². The Kier molecular flexibility index (Phi) is 5.74. The number of nitrogens with zero attached hydrogens (tertiary/aromatic N) is 1. The van der Waals surface area contributed by atoms with Gasteiger partial charge >= 0.3 is 5.97 Å². The monoisotopic (exact) mass is 398 g/mol. The van der Waals surface area contributed by atoms with Crippen molar-refractivity contribution in [3.63, 3.8) is 0 Å². The number of likely N-dealkylation sites (tertiary alicyclic amines) is 1. The van der Waals surface area contributed by atoms with Gasteiger partial charge in [0.1, 0.15) is 0 Å². The van der Waals surface area contributed by atoms with Gasteiger partial charge in [-0.2, -0.15) is 0 Å². The summed E-state index contributed by atoms with van der Waals surface area (Å²) in [5.41, 5.74) is 0.639. The summed E-state index contributed by atoms with van der Waals surface area (Å²) in [5, 5.41) is 11.8. The summed E-state index contributed by atoms with van der Waals surface area (Å²) in [6, 6.07) is 4.80. The van der Waals surface area contributed by atoms with Crippen LogP contribution in [0.3, 0.4) is 0 Å². The fourth-order valence-electron chi connectivity index (χ4n) is 3.28. The molecule has 1 aromatic rings. The molecule has 0 bridgehead atoms. The number of rotatable bonds is 5. The lowest BCUT2D eigenvalue weighted by Gasteiger charge is -2.28. The minimum Gasteiger partial charge on any atom is -0.481 e. The second-order valence-electron chi connectivity index (χ2n) is 6.33. The highest BCUT2D eigenvalue weighted by Crippen LogP contribution is 2.38. The van der Waals surface area contributed by atoms with Crippen LogP contribution < -0.4 is 5.32 Å². The van der Waals surface area contributed by atoms with Crippen molar-refractivity contribution in [2.45, 2.75) is 41.6 Å². The Morgan fingerprint density at radius 2 is 2.19 bits per heavy atom. The van der Waals surface area contributed by atoms with Crippen LogP contribution in [0.5, 0.6) is 0 Å². The number of benzene rings is 1. The average molecular weight is 399 g/mol. The van der Waals surface area contributed by atoms with Crippen LogP contribution in [0.1, 0.15) is 19.3 Å². The Bertz CT molecular complexity index is 744. The number of halogens is 1. The predicted octanol–water partition coefficient (Wildman–Crippen LogP) is 2.23. The van der Waals surface area contributed by atoms with E-state index >= 15 is 0 Å². The van der Waals surface area contributed by atoms with Crippen LogP contribution in [0.2, 0.25) is 5.02 Å². The van der Waals surface area contributed by atoms with Gasteiger partial charge in [0.2, 0.25) is 11.8 Å². The van der Waals surface area contributed by atoms with E-state index in [4.69, 9.17) is 21.4 Å². The molecule has 3 rings (SSSR count). The quantitative estimate of drug-likeness (QED) is 0.789. The largest absolute Gasteiger partial charge is 0.481 e. The molecule has 3 unspecified atom stereocenters. The van der Waals surface area contributed by atoms with Gasteiger partial charge in [-0.1, -0.05) is 11.6 Å². The molecule has 0 saturated carbocycles. The fraction of sp³-hybridized carbons (Fsp3) is 0.471. The number of methoxy groups -OCH3 is 1. The topological polar surface area (TPSA) is 95.9 Å². The van der Waals surface area contributed by atoms with Gasteiger partial charge < -0.3 is 20.1 Å². The molecule has 1 saturated heterocycles. The molecular weight excluding hydrogens is 380 g/mol. The van der Waals surface area contributed by atoms with Crippen LogP contribution in [0.15, 0.2) is 23.1 Å². The van der Waals surface area contributed by atoms with E-state index in [-0.39, 0.29) is 30.8 Å². The standard InChI is InChI=1S/C17H19ClN2O5S/c1-25-11-5-10(6-16(22)23)20(8-11)15(21)7-14-17(24)19-12-4-9(18)2-3-13(12)26-14/h2-4,10-11,14H,5-8H2,1H3,(H,19,24)(H,22,23). The zero-order valence-corrected chi connectivity index (χ0v) is 15.7. The Hall–Kier alpha value is -1.77. The molecule has 0 aliphatic carbocycles. The van der Waals surface area contributed by atoms with Crippen LogP contribution >= 0.6 is 23.4 Å². The lowest BCUT2D eigenvalue weighted by molar-refractivity contribution is -0.140. The van der Waals surface area contributed by atoms with Crippen molar-refractivity contribution in [3.05, 3.63) is 23.2 Å². The first-order valence-electron chi connectivity index (χ1n) is 8.18. The molecule has 9 heteroatoms. The number of thioether (sulfide) groups is 1. The fourth-order valence-corrected chi connectivity index (χ4v) is 4.53. The van der Waals surface area contributed by atoms with Crippen molar-refractivity contribution in [3.8, 4) is 0 Å². The van der Waals surface area contributed by atoms with Gasteiger partial charge in [0.05, 0.1) is 23.5 Å². The summed E-state index contributed by atoms with van der Waals surface area (Å²) < 4.78 is 5.29. The van der Waals surface area contributed by atoms with E-state index in [2.05, 4.69) is 5.32 Å². The van der Waals surface area contributed by atoms with Crippen molar-refractivity contribution in [1.82, 2.24) is 4.90 Å². The number of fused-ring (bicyclic) bond motifs is 1. The molecule has 2 aliphatic rings. The molecule has 0 spiro atoms. The summed E-state index contributed by atoms with van der Waals surface area (Å²) in [4.78, 5) is 38.5. The minimum absolute atomic E-state index is 0.00508. The molecule has 0 aromatic heterocycles. The first-order valence-corrected chi connectivity index (χ1v) is 9.44.